The SMILES string of the molecule is C=C(C)C(=O)O.C=C(CCC#N)C(=O)OC. The van der Waals surface area contributed by atoms with E-state index in [-0.39, 0.29) is 5.57 Å². The van der Waals surface area contributed by atoms with Gasteiger partial charge >= 0.3 is 11.9 Å². The van der Waals surface area contributed by atoms with E-state index in [1.807, 2.05) is 6.07 Å². The Hall–Kier alpha value is -2.09. The summed E-state index contributed by atoms with van der Waals surface area (Å²) in [5.41, 5.74) is 0.527. The fraction of sp³-hybridized carbons (Fsp3) is 0.364. The van der Waals surface area contributed by atoms with Crippen LogP contribution >= 0.6 is 0 Å². The number of methoxy groups -OCH3 is 1. The van der Waals surface area contributed by atoms with Crippen LogP contribution in [0.4, 0.5) is 0 Å². The Bertz CT molecular complexity index is 313. The average Bonchev–Trinajstić information content (AvgIpc) is 2.25. The smallest absolute Gasteiger partial charge is 0.333 e. The molecule has 88 valence electrons. The summed E-state index contributed by atoms with van der Waals surface area (Å²) >= 11 is 0. The standard InChI is InChI=1S/C7H9NO2.C4H6O2/c1-6(4-3-5-8)7(9)10-2;1-3(2)4(5)6/h1,3-4H2,2H3;1H2,2H3,(H,5,6). The largest absolute Gasteiger partial charge is 0.478 e. The van der Waals surface area contributed by atoms with Crippen LogP contribution in [0.1, 0.15) is 19.8 Å². The molecular weight excluding hydrogens is 210 g/mol. The van der Waals surface area contributed by atoms with Gasteiger partial charge in [-0.2, -0.15) is 5.26 Å². The van der Waals surface area contributed by atoms with Gasteiger partial charge in [-0.3, -0.25) is 0 Å². The summed E-state index contributed by atoms with van der Waals surface area (Å²) in [6.07, 6.45) is 0.705. The van der Waals surface area contributed by atoms with E-state index < -0.39 is 11.9 Å². The number of ether oxygens (including phenoxy) is 1. The molecule has 5 nitrogen and oxygen atoms in total. The van der Waals surface area contributed by atoms with Crippen LogP contribution in [0.15, 0.2) is 24.3 Å². The molecular formula is C11H15NO4. The first kappa shape index (κ1) is 16.3. The average molecular weight is 225 g/mol. The lowest BCUT2D eigenvalue weighted by Gasteiger charge is -1.97. The molecule has 1 N–H and O–H groups in total. The molecule has 0 radical (unpaired) electrons. The lowest BCUT2D eigenvalue weighted by atomic mass is 10.2. The number of carbonyl (C=O) groups is 2. The maximum atomic E-state index is 10.6. The summed E-state index contributed by atoms with van der Waals surface area (Å²) in [6.45, 7) is 8.04. The van der Waals surface area contributed by atoms with Crippen molar-refractivity contribution in [2.45, 2.75) is 19.8 Å². The molecule has 0 aliphatic carbocycles. The molecule has 0 heterocycles. The van der Waals surface area contributed by atoms with Gasteiger partial charge in [-0.05, 0) is 13.3 Å². The van der Waals surface area contributed by atoms with Crippen LogP contribution in [-0.4, -0.2) is 24.2 Å². The van der Waals surface area contributed by atoms with Crippen molar-refractivity contribution in [2.75, 3.05) is 7.11 Å². The summed E-state index contributed by atoms with van der Waals surface area (Å²) in [5, 5.41) is 16.0. The fourth-order valence-corrected chi connectivity index (χ4v) is 0.453. The number of hydrogen-bond donors (Lipinski definition) is 1. The first-order chi connectivity index (χ1) is 7.36. The van der Waals surface area contributed by atoms with Gasteiger partial charge in [-0.15, -0.1) is 0 Å². The molecule has 0 fully saturated rings. The second-order valence-corrected chi connectivity index (χ2v) is 2.84. The van der Waals surface area contributed by atoms with Crippen molar-refractivity contribution < 1.29 is 19.4 Å². The molecule has 0 saturated heterocycles. The number of hydrogen-bond acceptors (Lipinski definition) is 4. The first-order valence-electron chi connectivity index (χ1n) is 4.38. The molecule has 16 heavy (non-hydrogen) atoms. The minimum atomic E-state index is -0.935. The zero-order valence-electron chi connectivity index (χ0n) is 9.45. The van der Waals surface area contributed by atoms with Crippen LogP contribution in [0.5, 0.6) is 0 Å². The number of carbonyl (C=O) groups excluding carboxylic acids is 1. The van der Waals surface area contributed by atoms with Crippen molar-refractivity contribution >= 4 is 11.9 Å². The van der Waals surface area contributed by atoms with Crippen molar-refractivity contribution in [1.82, 2.24) is 0 Å². The van der Waals surface area contributed by atoms with Crippen molar-refractivity contribution in [2.24, 2.45) is 0 Å². The molecule has 0 aromatic heterocycles. The number of aliphatic carboxylic acids is 1. The van der Waals surface area contributed by atoms with E-state index >= 15 is 0 Å². The summed E-state index contributed by atoms with van der Waals surface area (Å²) in [6, 6.07) is 1.91. The van der Waals surface area contributed by atoms with E-state index in [1.165, 1.54) is 14.0 Å². The molecule has 0 aliphatic heterocycles. The Labute approximate surface area is 94.6 Å². The predicted octanol–water partition coefficient (Wildman–Crippen LogP) is 1.67. The van der Waals surface area contributed by atoms with E-state index in [0.29, 0.717) is 18.4 Å². The normalized spacial score (nSPS) is 7.81. The Morgan fingerprint density at radius 3 is 2.12 bits per heavy atom. The zero-order valence-corrected chi connectivity index (χ0v) is 9.45. The highest BCUT2D eigenvalue weighted by molar-refractivity contribution is 5.87. The maximum absolute atomic E-state index is 10.6. The lowest BCUT2D eigenvalue weighted by Crippen LogP contribution is -2.02. The zero-order chi connectivity index (χ0) is 13.1. The highest BCUT2D eigenvalue weighted by Crippen LogP contribution is 2.02. The third kappa shape index (κ3) is 9.99. The molecule has 0 aromatic carbocycles. The Morgan fingerprint density at radius 1 is 1.44 bits per heavy atom. The number of esters is 1. The monoisotopic (exact) mass is 225 g/mol. The van der Waals surface area contributed by atoms with Gasteiger partial charge in [0.1, 0.15) is 0 Å². The summed E-state index contributed by atoms with van der Waals surface area (Å²) < 4.78 is 4.36. The van der Waals surface area contributed by atoms with Gasteiger partial charge in [0.2, 0.25) is 0 Å². The van der Waals surface area contributed by atoms with E-state index in [9.17, 15) is 9.59 Å². The van der Waals surface area contributed by atoms with E-state index in [2.05, 4.69) is 17.9 Å². The van der Waals surface area contributed by atoms with Crippen LogP contribution in [-0.2, 0) is 14.3 Å². The Morgan fingerprint density at radius 2 is 1.88 bits per heavy atom. The minimum absolute atomic E-state index is 0.176. The van der Waals surface area contributed by atoms with Crippen LogP contribution in [0.3, 0.4) is 0 Å². The summed E-state index contributed by atoms with van der Waals surface area (Å²) in [7, 11) is 1.29. The molecule has 0 saturated carbocycles. The predicted molar refractivity (Wildman–Crippen MR) is 58.5 cm³/mol. The second kappa shape index (κ2) is 9.46. The van der Waals surface area contributed by atoms with Gasteiger partial charge in [0.05, 0.1) is 13.2 Å². The van der Waals surface area contributed by atoms with Gasteiger partial charge in [-0.25, -0.2) is 9.59 Å². The van der Waals surface area contributed by atoms with Crippen LogP contribution in [0.25, 0.3) is 0 Å². The van der Waals surface area contributed by atoms with Gasteiger partial charge in [0, 0.05) is 17.6 Å². The Kier molecular flexibility index (Phi) is 9.67. The number of rotatable bonds is 4. The van der Waals surface area contributed by atoms with Crippen LogP contribution < -0.4 is 0 Å². The number of carboxylic acids is 1. The van der Waals surface area contributed by atoms with Crippen molar-refractivity contribution in [3.05, 3.63) is 24.3 Å². The highest BCUT2D eigenvalue weighted by atomic mass is 16.5. The van der Waals surface area contributed by atoms with E-state index in [1.54, 1.807) is 0 Å². The first-order valence-corrected chi connectivity index (χ1v) is 4.38. The summed E-state index contributed by atoms with van der Waals surface area (Å²) in [5.74, 6) is -1.37. The number of nitrogens with zero attached hydrogens (tertiary/aromatic N) is 1. The Balaban J connectivity index is 0. The molecule has 0 spiro atoms. The molecule has 0 bridgehead atoms. The highest BCUT2D eigenvalue weighted by Gasteiger charge is 2.04. The molecule has 0 amide bonds. The van der Waals surface area contributed by atoms with Crippen molar-refractivity contribution in [1.29, 1.82) is 5.26 Å². The van der Waals surface area contributed by atoms with E-state index in [0.717, 1.165) is 0 Å². The van der Waals surface area contributed by atoms with Crippen molar-refractivity contribution in [3.8, 4) is 6.07 Å². The molecule has 0 aliphatic rings. The van der Waals surface area contributed by atoms with Gasteiger partial charge in [0.15, 0.2) is 0 Å². The number of nitriles is 1. The molecule has 5 heteroatoms. The van der Waals surface area contributed by atoms with E-state index in [4.69, 9.17) is 10.4 Å². The fourth-order valence-electron chi connectivity index (χ4n) is 0.453. The third-order valence-corrected chi connectivity index (χ3v) is 1.38. The van der Waals surface area contributed by atoms with Crippen molar-refractivity contribution in [3.63, 3.8) is 0 Å². The maximum Gasteiger partial charge on any atom is 0.333 e. The molecule has 0 rings (SSSR count). The topological polar surface area (TPSA) is 87.4 Å². The molecule has 0 aromatic rings. The quantitative estimate of drug-likeness (QED) is 0.580. The minimum Gasteiger partial charge on any atom is -0.478 e. The second-order valence-electron chi connectivity index (χ2n) is 2.84. The van der Waals surface area contributed by atoms with Gasteiger partial charge in [-0.1, -0.05) is 13.2 Å². The molecule has 0 atom stereocenters. The van der Waals surface area contributed by atoms with Gasteiger partial charge in [0.25, 0.3) is 0 Å². The van der Waals surface area contributed by atoms with Crippen LogP contribution in [0, 0.1) is 11.3 Å². The lowest BCUT2D eigenvalue weighted by molar-refractivity contribution is -0.136. The summed E-state index contributed by atoms with van der Waals surface area (Å²) in [4.78, 5) is 20.2. The number of carboxylic acid groups (broad SMARTS) is 1. The molecule has 0 unspecified atom stereocenters. The van der Waals surface area contributed by atoms with Crippen LogP contribution in [0.2, 0.25) is 0 Å². The van der Waals surface area contributed by atoms with Gasteiger partial charge < -0.3 is 9.84 Å². The third-order valence-electron chi connectivity index (χ3n) is 1.38.